The Morgan fingerprint density at radius 1 is 0.589 bits per heavy atom. The highest BCUT2D eigenvalue weighted by Gasteiger charge is 2.33. The van der Waals surface area contributed by atoms with Gasteiger partial charge in [0.25, 0.3) is 0 Å². The number of fused-ring (bicyclic) bond motifs is 6. The van der Waals surface area contributed by atoms with Crippen LogP contribution in [0.15, 0.2) is 170 Å². The third-order valence-electron chi connectivity index (χ3n) is 12.0. The predicted molar refractivity (Wildman–Crippen MR) is 237 cm³/mol. The molecular weight excluding hydrogens is 685 g/mol. The van der Waals surface area contributed by atoms with Crippen LogP contribution in [0.5, 0.6) is 0 Å². The Bertz CT molecular complexity index is 2790. The minimum atomic E-state index is -0.524. The van der Waals surface area contributed by atoms with E-state index in [9.17, 15) is 4.79 Å². The third-order valence-corrected chi connectivity index (χ3v) is 12.0. The van der Waals surface area contributed by atoms with Crippen LogP contribution in [-0.4, -0.2) is 15.1 Å². The SMILES string of the molecule is CCC(C)(CCC(C)c1ccccc1)C(=O)OCc1ccc2c(c1)c1ccccc1n2-c1ccc(-c2ccc(-n3c4ccccc4c4ccccc43)cc2)cc1.[HH].[HH]. The zero-order chi connectivity index (χ0) is 38.2. The lowest BCUT2D eigenvalue weighted by atomic mass is 9.79. The van der Waals surface area contributed by atoms with Crippen molar-refractivity contribution in [3.05, 3.63) is 181 Å². The summed E-state index contributed by atoms with van der Waals surface area (Å²) < 4.78 is 10.7. The zero-order valence-electron chi connectivity index (χ0n) is 32.3. The molecule has 0 aliphatic rings. The molecule has 7 aromatic carbocycles. The van der Waals surface area contributed by atoms with Gasteiger partial charge in [0.15, 0.2) is 0 Å². The molecule has 2 atom stereocenters. The molecule has 2 unspecified atom stereocenters. The van der Waals surface area contributed by atoms with Crippen molar-refractivity contribution in [2.75, 3.05) is 0 Å². The lowest BCUT2D eigenvalue weighted by Crippen LogP contribution is -2.29. The van der Waals surface area contributed by atoms with E-state index in [-0.39, 0.29) is 15.4 Å². The molecule has 0 saturated carbocycles. The molecule has 280 valence electrons. The van der Waals surface area contributed by atoms with Crippen LogP contribution >= 0.6 is 0 Å². The molecule has 0 radical (unpaired) electrons. The molecule has 4 nitrogen and oxygen atoms in total. The van der Waals surface area contributed by atoms with E-state index in [2.05, 4.69) is 194 Å². The van der Waals surface area contributed by atoms with E-state index >= 15 is 0 Å². The topological polar surface area (TPSA) is 36.2 Å². The second-order valence-corrected chi connectivity index (χ2v) is 15.5. The molecule has 4 heteroatoms. The highest BCUT2D eigenvalue weighted by atomic mass is 16.5. The van der Waals surface area contributed by atoms with Crippen molar-refractivity contribution in [2.24, 2.45) is 5.41 Å². The Labute approximate surface area is 331 Å². The maximum atomic E-state index is 13.6. The first-order valence-electron chi connectivity index (χ1n) is 19.9. The highest BCUT2D eigenvalue weighted by molar-refractivity contribution is 6.10. The van der Waals surface area contributed by atoms with Crippen molar-refractivity contribution in [1.82, 2.24) is 9.13 Å². The molecule has 0 bridgehead atoms. The van der Waals surface area contributed by atoms with Crippen LogP contribution in [0.25, 0.3) is 66.1 Å². The van der Waals surface area contributed by atoms with E-state index in [4.69, 9.17) is 4.74 Å². The van der Waals surface area contributed by atoms with Crippen LogP contribution in [0.2, 0.25) is 0 Å². The Hall–Kier alpha value is -6.39. The van der Waals surface area contributed by atoms with E-state index in [0.717, 1.165) is 52.6 Å². The van der Waals surface area contributed by atoms with Gasteiger partial charge in [-0.1, -0.05) is 129 Å². The first-order valence-corrected chi connectivity index (χ1v) is 19.9. The van der Waals surface area contributed by atoms with E-state index in [1.807, 2.05) is 6.07 Å². The summed E-state index contributed by atoms with van der Waals surface area (Å²) in [6.45, 7) is 6.63. The van der Waals surface area contributed by atoms with Crippen LogP contribution in [0.3, 0.4) is 0 Å². The molecule has 0 aliphatic carbocycles. The Kier molecular flexibility index (Phi) is 9.26. The molecule has 0 N–H and O–H groups in total. The van der Waals surface area contributed by atoms with Gasteiger partial charge < -0.3 is 13.9 Å². The smallest absolute Gasteiger partial charge is 0.312 e. The first-order chi connectivity index (χ1) is 27.4. The van der Waals surface area contributed by atoms with Gasteiger partial charge in [-0.3, -0.25) is 4.79 Å². The fraction of sp³-hybridized carbons (Fsp3) is 0.173. The minimum absolute atomic E-state index is 0. The summed E-state index contributed by atoms with van der Waals surface area (Å²) in [5, 5.41) is 4.85. The number of para-hydroxylation sites is 3. The number of esters is 1. The average Bonchev–Trinajstić information content (AvgIpc) is 3.77. The number of rotatable bonds is 11. The number of nitrogens with zero attached hydrogens (tertiary/aromatic N) is 2. The van der Waals surface area contributed by atoms with Crippen molar-refractivity contribution < 1.29 is 12.4 Å². The van der Waals surface area contributed by atoms with Crippen molar-refractivity contribution in [3.63, 3.8) is 0 Å². The molecule has 56 heavy (non-hydrogen) atoms. The largest absolute Gasteiger partial charge is 0.460 e. The summed E-state index contributed by atoms with van der Waals surface area (Å²) in [7, 11) is 0. The summed E-state index contributed by atoms with van der Waals surface area (Å²) in [6.07, 6.45) is 2.47. The molecule has 0 aliphatic heterocycles. The average molecular weight is 735 g/mol. The van der Waals surface area contributed by atoms with Crippen LogP contribution < -0.4 is 0 Å². The standard InChI is InChI=1S/C52H46N2O2.2H2/c1-4-52(3,33-32-36(2)38-14-6-5-7-15-38)51(55)56-35-37-22-31-50-46(34-37)45-18-10-13-21-49(45)54(50)42-29-25-40(26-30-42)39-23-27-41(28-24-39)53-47-19-11-8-16-43(47)44-17-9-12-20-48(44)53;;/h5-31,34,36H,4,32-33,35H2,1-3H3;2*1H. The molecule has 9 rings (SSSR count). The summed E-state index contributed by atoms with van der Waals surface area (Å²) in [6, 6.07) is 60.5. The Morgan fingerprint density at radius 3 is 1.57 bits per heavy atom. The second kappa shape index (κ2) is 14.7. The second-order valence-electron chi connectivity index (χ2n) is 15.5. The lowest BCUT2D eigenvalue weighted by molar-refractivity contribution is -0.157. The van der Waals surface area contributed by atoms with E-state index in [1.165, 1.54) is 43.9 Å². The molecule has 0 saturated heterocycles. The number of carbonyl (C=O) groups is 1. The van der Waals surface area contributed by atoms with Crippen molar-refractivity contribution >= 4 is 49.6 Å². The van der Waals surface area contributed by atoms with Crippen LogP contribution in [0, 0.1) is 5.41 Å². The molecular formula is C52H50N2O2. The lowest BCUT2D eigenvalue weighted by Gasteiger charge is -2.27. The van der Waals surface area contributed by atoms with Gasteiger partial charge in [-0.15, -0.1) is 0 Å². The van der Waals surface area contributed by atoms with Gasteiger partial charge in [-0.05, 0) is 109 Å². The predicted octanol–water partition coefficient (Wildman–Crippen LogP) is 14.1. The van der Waals surface area contributed by atoms with Crippen molar-refractivity contribution in [2.45, 2.75) is 52.6 Å². The van der Waals surface area contributed by atoms with Crippen molar-refractivity contribution in [3.8, 4) is 22.5 Å². The molecule has 0 amide bonds. The van der Waals surface area contributed by atoms with Gasteiger partial charge in [-0.2, -0.15) is 0 Å². The maximum absolute atomic E-state index is 13.6. The number of ether oxygens (including phenoxy) is 1. The van der Waals surface area contributed by atoms with Gasteiger partial charge in [0, 0.05) is 35.8 Å². The van der Waals surface area contributed by atoms with Gasteiger partial charge in [0.2, 0.25) is 0 Å². The fourth-order valence-electron chi connectivity index (χ4n) is 8.42. The Morgan fingerprint density at radius 2 is 1.05 bits per heavy atom. The van der Waals surface area contributed by atoms with Crippen LogP contribution in [0.1, 0.15) is 59.9 Å². The van der Waals surface area contributed by atoms with E-state index in [1.54, 1.807) is 0 Å². The Balaban J connectivity index is 0.00000256. The summed E-state index contributed by atoms with van der Waals surface area (Å²) >= 11 is 0. The maximum Gasteiger partial charge on any atom is 0.312 e. The van der Waals surface area contributed by atoms with E-state index in [0.29, 0.717) is 5.92 Å². The van der Waals surface area contributed by atoms with Crippen LogP contribution in [0.4, 0.5) is 0 Å². The number of carbonyl (C=O) groups excluding carboxylic acids is 1. The first kappa shape index (κ1) is 35.3. The minimum Gasteiger partial charge on any atom is -0.460 e. The number of aromatic nitrogens is 2. The molecule has 0 fully saturated rings. The quantitative estimate of drug-likeness (QED) is 0.124. The summed E-state index contributed by atoms with van der Waals surface area (Å²) in [5.74, 6) is 0.264. The number of hydrogen-bond donors (Lipinski definition) is 0. The van der Waals surface area contributed by atoms with Gasteiger partial charge in [0.1, 0.15) is 6.61 Å². The van der Waals surface area contributed by atoms with Gasteiger partial charge >= 0.3 is 5.97 Å². The fourth-order valence-corrected chi connectivity index (χ4v) is 8.42. The van der Waals surface area contributed by atoms with Gasteiger partial charge in [-0.25, -0.2) is 0 Å². The summed E-state index contributed by atoms with van der Waals surface area (Å²) in [4.78, 5) is 13.6. The normalized spacial score (nSPS) is 13.3. The molecule has 9 aromatic rings. The summed E-state index contributed by atoms with van der Waals surface area (Å²) in [5.41, 5.74) is 11.1. The molecule has 2 heterocycles. The molecule has 0 spiro atoms. The number of hydrogen-bond acceptors (Lipinski definition) is 2. The van der Waals surface area contributed by atoms with Gasteiger partial charge in [0.05, 0.1) is 27.5 Å². The molecule has 2 aromatic heterocycles. The van der Waals surface area contributed by atoms with Crippen LogP contribution in [-0.2, 0) is 16.1 Å². The van der Waals surface area contributed by atoms with Crippen molar-refractivity contribution in [1.29, 1.82) is 0 Å². The zero-order valence-corrected chi connectivity index (χ0v) is 32.3. The third kappa shape index (κ3) is 6.35. The monoisotopic (exact) mass is 734 g/mol. The van der Waals surface area contributed by atoms with E-state index < -0.39 is 5.41 Å². The highest BCUT2D eigenvalue weighted by Crippen LogP contribution is 2.37. The number of benzene rings is 7.